The summed E-state index contributed by atoms with van der Waals surface area (Å²) in [7, 11) is 0. The molecule has 1 fully saturated rings. The lowest BCUT2D eigenvalue weighted by Crippen LogP contribution is -2.14. The van der Waals surface area contributed by atoms with Crippen molar-refractivity contribution in [2.45, 2.75) is 58.3 Å². The minimum Gasteiger partial charge on any atom is -0.478 e. The van der Waals surface area contributed by atoms with Crippen LogP contribution in [0.25, 0.3) is 0 Å². The number of nitrogens with one attached hydrogen (secondary N) is 1. The maximum absolute atomic E-state index is 12.2. The molecule has 0 radical (unpaired) electrons. The predicted molar refractivity (Wildman–Crippen MR) is 91.6 cm³/mol. The molecule has 0 bridgehead atoms. The van der Waals surface area contributed by atoms with Crippen molar-refractivity contribution >= 4 is 17.6 Å². The second kappa shape index (κ2) is 8.70. The van der Waals surface area contributed by atoms with E-state index in [1.807, 2.05) is 0 Å². The van der Waals surface area contributed by atoms with Crippen LogP contribution in [0.15, 0.2) is 24.3 Å². The number of aromatic carboxylic acids is 1. The fourth-order valence-corrected chi connectivity index (χ4v) is 3.01. The van der Waals surface area contributed by atoms with Crippen molar-refractivity contribution in [3.05, 3.63) is 29.8 Å². The summed E-state index contributed by atoms with van der Waals surface area (Å²) < 4.78 is 0. The van der Waals surface area contributed by atoms with Crippen molar-refractivity contribution < 1.29 is 14.7 Å². The Morgan fingerprint density at radius 2 is 1.74 bits per heavy atom. The zero-order valence-electron chi connectivity index (χ0n) is 13.9. The van der Waals surface area contributed by atoms with Crippen LogP contribution in [0, 0.1) is 11.8 Å². The Kier molecular flexibility index (Phi) is 6.63. The summed E-state index contributed by atoms with van der Waals surface area (Å²) in [4.78, 5) is 22.9. The highest BCUT2D eigenvalue weighted by atomic mass is 16.4. The number of rotatable bonds is 10. The van der Waals surface area contributed by atoms with Crippen LogP contribution in [0.3, 0.4) is 0 Å². The molecule has 0 heterocycles. The van der Waals surface area contributed by atoms with Gasteiger partial charge in [0, 0.05) is 11.6 Å². The summed E-state index contributed by atoms with van der Waals surface area (Å²) in [5, 5.41) is 11.7. The number of carboxylic acids is 1. The van der Waals surface area contributed by atoms with E-state index in [9.17, 15) is 9.59 Å². The molecule has 126 valence electrons. The third-order valence-electron chi connectivity index (χ3n) is 4.59. The van der Waals surface area contributed by atoms with Crippen molar-refractivity contribution in [3.63, 3.8) is 0 Å². The molecule has 0 saturated heterocycles. The van der Waals surface area contributed by atoms with E-state index in [0.29, 0.717) is 11.6 Å². The van der Waals surface area contributed by atoms with Gasteiger partial charge in [-0.25, -0.2) is 4.79 Å². The number of hydrogen-bond donors (Lipinski definition) is 2. The highest BCUT2D eigenvalue weighted by molar-refractivity contribution is 5.95. The maximum Gasteiger partial charge on any atom is 0.335 e. The summed E-state index contributed by atoms with van der Waals surface area (Å²) in [6.45, 7) is 2.22. The first kappa shape index (κ1) is 17.5. The third kappa shape index (κ3) is 5.70. The van der Waals surface area contributed by atoms with Gasteiger partial charge < -0.3 is 10.4 Å². The van der Waals surface area contributed by atoms with Crippen LogP contribution in [0.5, 0.6) is 0 Å². The highest BCUT2D eigenvalue weighted by Gasteiger charge is 2.42. The van der Waals surface area contributed by atoms with E-state index in [1.165, 1.54) is 50.7 Å². The fourth-order valence-electron chi connectivity index (χ4n) is 3.01. The number of carbonyl (C=O) groups excluding carboxylic acids is 1. The van der Waals surface area contributed by atoms with Gasteiger partial charge in [-0.15, -0.1) is 0 Å². The average Bonchev–Trinajstić information content (AvgIpc) is 3.31. The standard InChI is InChI=1S/C19H27NO3/c1-2-3-4-5-6-7-8-15-13-17(15)18(21)20-16-11-9-14(10-12-16)19(22)23/h9-12,15,17H,2-8,13H2,1H3,(H,20,21)(H,22,23)/t15-,17+/m1/s1. The Balaban J connectivity index is 1.64. The Morgan fingerprint density at radius 3 is 2.39 bits per heavy atom. The summed E-state index contributed by atoms with van der Waals surface area (Å²) in [6.07, 6.45) is 9.90. The van der Waals surface area contributed by atoms with Crippen molar-refractivity contribution in [1.82, 2.24) is 0 Å². The van der Waals surface area contributed by atoms with Crippen LogP contribution >= 0.6 is 0 Å². The Labute approximate surface area is 138 Å². The van der Waals surface area contributed by atoms with E-state index in [4.69, 9.17) is 5.11 Å². The van der Waals surface area contributed by atoms with Gasteiger partial charge in [0.25, 0.3) is 0 Å². The van der Waals surface area contributed by atoms with Crippen LogP contribution in [-0.4, -0.2) is 17.0 Å². The summed E-state index contributed by atoms with van der Waals surface area (Å²) in [5.74, 6) is -0.197. The molecule has 1 aliphatic carbocycles. The number of amides is 1. The lowest BCUT2D eigenvalue weighted by atomic mass is 10.1. The van der Waals surface area contributed by atoms with Gasteiger partial charge in [0.15, 0.2) is 0 Å². The molecular formula is C19H27NO3. The molecule has 1 aliphatic rings. The lowest BCUT2D eigenvalue weighted by molar-refractivity contribution is -0.117. The van der Waals surface area contributed by atoms with E-state index in [2.05, 4.69) is 12.2 Å². The molecule has 1 amide bonds. The van der Waals surface area contributed by atoms with Crippen LogP contribution in [-0.2, 0) is 4.79 Å². The zero-order valence-corrected chi connectivity index (χ0v) is 13.9. The first-order valence-electron chi connectivity index (χ1n) is 8.76. The van der Waals surface area contributed by atoms with E-state index >= 15 is 0 Å². The van der Waals surface area contributed by atoms with Crippen molar-refractivity contribution in [3.8, 4) is 0 Å². The van der Waals surface area contributed by atoms with Crippen LogP contribution in [0.2, 0.25) is 0 Å². The molecule has 0 spiro atoms. The third-order valence-corrected chi connectivity index (χ3v) is 4.59. The molecule has 2 atom stereocenters. The first-order chi connectivity index (χ1) is 11.1. The summed E-state index contributed by atoms with van der Waals surface area (Å²) >= 11 is 0. The fraction of sp³-hybridized carbons (Fsp3) is 0.579. The molecule has 4 nitrogen and oxygen atoms in total. The van der Waals surface area contributed by atoms with Gasteiger partial charge >= 0.3 is 5.97 Å². The van der Waals surface area contributed by atoms with Crippen molar-refractivity contribution in [2.75, 3.05) is 5.32 Å². The van der Waals surface area contributed by atoms with Crippen molar-refractivity contribution in [2.24, 2.45) is 11.8 Å². The Morgan fingerprint density at radius 1 is 1.09 bits per heavy atom. The van der Waals surface area contributed by atoms with Gasteiger partial charge in [0.2, 0.25) is 5.91 Å². The molecule has 1 aromatic rings. The molecule has 2 N–H and O–H groups in total. The van der Waals surface area contributed by atoms with Crippen LogP contribution < -0.4 is 5.32 Å². The van der Waals surface area contributed by atoms with Gasteiger partial charge in [-0.1, -0.05) is 45.4 Å². The molecule has 0 aromatic heterocycles. The van der Waals surface area contributed by atoms with Crippen LogP contribution in [0.1, 0.15) is 68.6 Å². The minimum atomic E-state index is -0.955. The van der Waals surface area contributed by atoms with Gasteiger partial charge in [-0.3, -0.25) is 4.79 Å². The van der Waals surface area contributed by atoms with Crippen molar-refractivity contribution in [1.29, 1.82) is 0 Å². The van der Waals surface area contributed by atoms with Gasteiger partial charge in [0.1, 0.15) is 0 Å². The molecule has 0 aliphatic heterocycles. The molecule has 1 saturated carbocycles. The monoisotopic (exact) mass is 317 g/mol. The van der Waals surface area contributed by atoms with E-state index in [1.54, 1.807) is 12.1 Å². The van der Waals surface area contributed by atoms with Gasteiger partial charge in [-0.2, -0.15) is 0 Å². The largest absolute Gasteiger partial charge is 0.478 e. The molecule has 2 rings (SSSR count). The first-order valence-corrected chi connectivity index (χ1v) is 8.76. The lowest BCUT2D eigenvalue weighted by Gasteiger charge is -2.05. The van der Waals surface area contributed by atoms with E-state index in [-0.39, 0.29) is 17.4 Å². The summed E-state index contributed by atoms with van der Waals surface area (Å²) in [6, 6.07) is 6.32. The number of unbranched alkanes of at least 4 members (excludes halogenated alkanes) is 5. The second-order valence-electron chi connectivity index (χ2n) is 6.53. The molecule has 23 heavy (non-hydrogen) atoms. The zero-order chi connectivity index (χ0) is 16.7. The molecule has 4 heteroatoms. The molecular weight excluding hydrogens is 290 g/mol. The second-order valence-corrected chi connectivity index (χ2v) is 6.53. The molecule has 0 unspecified atom stereocenters. The molecule has 1 aromatic carbocycles. The van der Waals surface area contributed by atoms with E-state index in [0.717, 1.165) is 12.8 Å². The SMILES string of the molecule is CCCCCCCC[C@@H]1C[C@@H]1C(=O)Nc1ccc(C(=O)O)cc1. The number of carbonyl (C=O) groups is 2. The van der Waals surface area contributed by atoms with Gasteiger partial charge in [0.05, 0.1) is 5.56 Å². The predicted octanol–water partition coefficient (Wildman–Crippen LogP) is 4.71. The quantitative estimate of drug-likeness (QED) is 0.614. The minimum absolute atomic E-state index is 0.0732. The number of hydrogen-bond acceptors (Lipinski definition) is 2. The highest BCUT2D eigenvalue weighted by Crippen LogP contribution is 2.43. The number of benzene rings is 1. The Bertz CT molecular complexity index is 524. The Hall–Kier alpha value is -1.84. The topological polar surface area (TPSA) is 66.4 Å². The average molecular weight is 317 g/mol. The maximum atomic E-state index is 12.2. The van der Waals surface area contributed by atoms with Gasteiger partial charge in [-0.05, 0) is 43.0 Å². The van der Waals surface area contributed by atoms with E-state index < -0.39 is 5.97 Å². The number of carboxylic acid groups (broad SMARTS) is 1. The summed E-state index contributed by atoms with van der Waals surface area (Å²) in [5.41, 5.74) is 0.903. The van der Waals surface area contributed by atoms with Crippen LogP contribution in [0.4, 0.5) is 5.69 Å². The number of anilines is 1. The smallest absolute Gasteiger partial charge is 0.335 e. The normalized spacial score (nSPS) is 19.3.